The first-order valence-electron chi connectivity index (χ1n) is 11.3. The van der Waals surface area contributed by atoms with E-state index in [1.165, 1.54) is 41.7 Å². The summed E-state index contributed by atoms with van der Waals surface area (Å²) in [5.41, 5.74) is 6.27. The maximum atomic E-state index is 14.1. The molecule has 188 valence electrons. The summed E-state index contributed by atoms with van der Waals surface area (Å²) in [6.45, 7) is 0.817. The van der Waals surface area contributed by atoms with Gasteiger partial charge in [0.2, 0.25) is 5.91 Å². The van der Waals surface area contributed by atoms with Crippen LogP contribution in [0.3, 0.4) is 0 Å². The Morgan fingerprint density at radius 2 is 1.89 bits per heavy atom. The predicted molar refractivity (Wildman–Crippen MR) is 134 cm³/mol. The third-order valence-corrected chi connectivity index (χ3v) is 7.41. The van der Waals surface area contributed by atoms with E-state index in [1.54, 1.807) is 22.4 Å². The second-order valence-corrected chi connectivity index (χ2v) is 9.83. The Morgan fingerprint density at radius 3 is 2.53 bits per heavy atom. The molecule has 1 atom stereocenters. The summed E-state index contributed by atoms with van der Waals surface area (Å²) in [6, 6.07) is 9.49. The van der Waals surface area contributed by atoms with Crippen LogP contribution in [0.4, 0.5) is 4.39 Å². The summed E-state index contributed by atoms with van der Waals surface area (Å²) in [5.74, 6) is -2.15. The van der Waals surface area contributed by atoms with E-state index in [0.717, 1.165) is 10.6 Å². The zero-order valence-corrected chi connectivity index (χ0v) is 20.7. The minimum Gasteiger partial charge on any atom is -0.508 e. The summed E-state index contributed by atoms with van der Waals surface area (Å²) >= 11 is 7.37. The number of halogens is 2. The van der Waals surface area contributed by atoms with E-state index in [1.807, 2.05) is 0 Å². The number of primary amides is 1. The van der Waals surface area contributed by atoms with Crippen molar-refractivity contribution in [3.8, 4) is 5.75 Å². The summed E-state index contributed by atoms with van der Waals surface area (Å²) < 4.78 is 14.1. The number of thiazole rings is 1. The molecule has 0 bridgehead atoms. The van der Waals surface area contributed by atoms with Gasteiger partial charge in [-0.25, -0.2) is 9.37 Å². The Kier molecular flexibility index (Phi) is 7.85. The predicted octanol–water partition coefficient (Wildman–Crippen LogP) is 3.49. The summed E-state index contributed by atoms with van der Waals surface area (Å²) in [6.07, 6.45) is 1.39. The van der Waals surface area contributed by atoms with Crippen LogP contribution in [0, 0.1) is 5.82 Å². The number of nitrogens with one attached hydrogen (secondary N) is 1. The number of rotatable bonds is 7. The van der Waals surface area contributed by atoms with Gasteiger partial charge in [0.25, 0.3) is 11.8 Å². The molecule has 0 radical (unpaired) electrons. The molecule has 2 heterocycles. The summed E-state index contributed by atoms with van der Waals surface area (Å²) in [5, 5.41) is 14.5. The quantitative estimate of drug-likeness (QED) is 0.431. The Bertz CT molecular complexity index is 1260. The molecule has 4 rings (SSSR count). The number of nitrogens with zero attached hydrogens (tertiary/aromatic N) is 2. The van der Waals surface area contributed by atoms with Crippen molar-refractivity contribution in [3.05, 3.63) is 80.5 Å². The molecule has 11 heteroatoms. The number of carbonyl (C=O) groups is 3. The monoisotopic (exact) mass is 530 g/mol. The van der Waals surface area contributed by atoms with Gasteiger partial charge in [-0.2, -0.15) is 0 Å². The molecular formula is C25H24ClFN4O4S. The van der Waals surface area contributed by atoms with Gasteiger partial charge in [-0.3, -0.25) is 14.4 Å². The molecule has 0 saturated carbocycles. The molecule has 3 aromatic rings. The number of aromatic nitrogens is 1. The lowest BCUT2D eigenvalue weighted by Gasteiger charge is -2.31. The summed E-state index contributed by atoms with van der Waals surface area (Å²) in [4.78, 5) is 43.4. The summed E-state index contributed by atoms with van der Waals surface area (Å²) in [7, 11) is 0. The lowest BCUT2D eigenvalue weighted by molar-refractivity contribution is -0.119. The molecule has 1 aliphatic heterocycles. The Morgan fingerprint density at radius 1 is 1.19 bits per heavy atom. The smallest absolute Gasteiger partial charge is 0.271 e. The van der Waals surface area contributed by atoms with Gasteiger partial charge in [0.15, 0.2) is 0 Å². The highest BCUT2D eigenvalue weighted by molar-refractivity contribution is 7.09. The zero-order valence-electron chi connectivity index (χ0n) is 19.1. The molecule has 3 amide bonds. The molecule has 1 unspecified atom stereocenters. The fourth-order valence-electron chi connectivity index (χ4n) is 4.09. The highest BCUT2D eigenvalue weighted by Crippen LogP contribution is 2.32. The average molecular weight is 531 g/mol. The number of piperidine rings is 1. The third kappa shape index (κ3) is 5.83. The molecule has 2 aromatic carbocycles. The van der Waals surface area contributed by atoms with E-state index in [4.69, 9.17) is 17.3 Å². The van der Waals surface area contributed by atoms with Crippen molar-refractivity contribution in [3.63, 3.8) is 0 Å². The minimum atomic E-state index is -0.938. The number of benzene rings is 2. The maximum Gasteiger partial charge on any atom is 0.271 e. The van der Waals surface area contributed by atoms with Crippen molar-refractivity contribution < 1.29 is 23.9 Å². The Labute approximate surface area is 215 Å². The fraction of sp³-hybridized carbons (Fsp3) is 0.280. The standard InChI is InChI=1S/C25H24ClFN4O4S/c26-17-2-1-3-18(27)21(17)25(35)31-10-8-15(9-11-31)24-30-20(13-36-24)23(34)29-19(22(28)33)12-14-4-6-16(32)7-5-14/h1-7,13,15,19,32H,8-12H2,(H2,28,33)(H,29,34). The van der Waals surface area contributed by atoms with Crippen LogP contribution >= 0.6 is 22.9 Å². The first kappa shape index (κ1) is 25.6. The van der Waals surface area contributed by atoms with Crippen LogP contribution < -0.4 is 11.1 Å². The second-order valence-electron chi connectivity index (χ2n) is 8.53. The second kappa shape index (κ2) is 11.0. The van der Waals surface area contributed by atoms with E-state index in [0.29, 0.717) is 25.9 Å². The van der Waals surface area contributed by atoms with Gasteiger partial charge < -0.3 is 21.1 Å². The van der Waals surface area contributed by atoms with Crippen molar-refractivity contribution in [2.75, 3.05) is 13.1 Å². The highest BCUT2D eigenvalue weighted by atomic mass is 35.5. The number of amides is 3. The van der Waals surface area contributed by atoms with Gasteiger partial charge in [-0.1, -0.05) is 29.8 Å². The molecule has 1 fully saturated rings. The van der Waals surface area contributed by atoms with Gasteiger partial charge in [0.05, 0.1) is 15.6 Å². The molecule has 36 heavy (non-hydrogen) atoms. The molecular weight excluding hydrogens is 507 g/mol. The number of aromatic hydroxyl groups is 1. The molecule has 8 nitrogen and oxygen atoms in total. The number of hydrogen-bond acceptors (Lipinski definition) is 6. The van der Waals surface area contributed by atoms with Crippen molar-refractivity contribution >= 4 is 40.7 Å². The van der Waals surface area contributed by atoms with E-state index in [-0.39, 0.29) is 34.4 Å². The SMILES string of the molecule is NC(=O)C(Cc1ccc(O)cc1)NC(=O)c1csc(C2CCN(C(=O)c3c(F)cccc3Cl)CC2)n1. The van der Waals surface area contributed by atoms with Gasteiger partial charge in [0.1, 0.15) is 23.3 Å². The number of phenols is 1. The first-order valence-corrected chi connectivity index (χ1v) is 12.6. The van der Waals surface area contributed by atoms with Crippen molar-refractivity contribution in [2.45, 2.75) is 31.2 Å². The molecule has 0 spiro atoms. The number of nitrogens with two attached hydrogens (primary N) is 1. The number of likely N-dealkylation sites (tertiary alicyclic amines) is 1. The number of phenolic OH excluding ortho intramolecular Hbond substituents is 1. The lowest BCUT2D eigenvalue weighted by Crippen LogP contribution is -2.46. The van der Waals surface area contributed by atoms with Crippen LogP contribution in [0.5, 0.6) is 5.75 Å². The molecule has 1 aliphatic rings. The van der Waals surface area contributed by atoms with Crippen LogP contribution in [0.25, 0.3) is 0 Å². The van der Waals surface area contributed by atoms with Crippen LogP contribution in [0.1, 0.15) is 50.2 Å². The third-order valence-electron chi connectivity index (χ3n) is 6.09. The highest BCUT2D eigenvalue weighted by Gasteiger charge is 2.29. The van der Waals surface area contributed by atoms with Gasteiger partial charge in [-0.05, 0) is 42.7 Å². The lowest BCUT2D eigenvalue weighted by atomic mass is 9.97. The zero-order chi connectivity index (χ0) is 25.8. The van der Waals surface area contributed by atoms with E-state index >= 15 is 0 Å². The van der Waals surface area contributed by atoms with E-state index in [9.17, 15) is 23.9 Å². The maximum absolute atomic E-state index is 14.1. The van der Waals surface area contributed by atoms with E-state index < -0.39 is 29.6 Å². The van der Waals surface area contributed by atoms with Crippen LogP contribution in [-0.4, -0.2) is 51.8 Å². The van der Waals surface area contributed by atoms with E-state index in [2.05, 4.69) is 10.3 Å². The van der Waals surface area contributed by atoms with Gasteiger partial charge in [-0.15, -0.1) is 11.3 Å². The van der Waals surface area contributed by atoms with Crippen LogP contribution in [0.2, 0.25) is 5.02 Å². The van der Waals surface area contributed by atoms with Crippen LogP contribution in [0.15, 0.2) is 47.8 Å². The Hall–Kier alpha value is -3.50. The molecule has 4 N–H and O–H groups in total. The Balaban J connectivity index is 1.36. The minimum absolute atomic E-state index is 0.0422. The van der Waals surface area contributed by atoms with Gasteiger partial charge >= 0.3 is 0 Å². The average Bonchev–Trinajstić information content (AvgIpc) is 3.35. The number of carbonyl (C=O) groups excluding carboxylic acids is 3. The topological polar surface area (TPSA) is 126 Å². The van der Waals surface area contributed by atoms with Crippen molar-refractivity contribution in [1.82, 2.24) is 15.2 Å². The number of hydrogen-bond donors (Lipinski definition) is 3. The molecule has 1 aromatic heterocycles. The molecule has 1 saturated heterocycles. The van der Waals surface area contributed by atoms with Crippen molar-refractivity contribution in [2.24, 2.45) is 5.73 Å². The van der Waals surface area contributed by atoms with Crippen molar-refractivity contribution in [1.29, 1.82) is 0 Å². The normalized spacial score (nSPS) is 14.9. The first-order chi connectivity index (χ1) is 17.2. The fourth-order valence-corrected chi connectivity index (χ4v) is 5.31. The molecule has 0 aliphatic carbocycles. The van der Waals surface area contributed by atoms with Crippen LogP contribution in [-0.2, 0) is 11.2 Å². The van der Waals surface area contributed by atoms with Gasteiger partial charge in [0, 0.05) is 30.8 Å². The largest absolute Gasteiger partial charge is 0.508 e.